The summed E-state index contributed by atoms with van der Waals surface area (Å²) >= 11 is 0. The van der Waals surface area contributed by atoms with Gasteiger partial charge in [0.15, 0.2) is 0 Å². The Balaban J connectivity index is 2.43. The monoisotopic (exact) mass is 291 g/mol. The molecule has 21 heavy (non-hydrogen) atoms. The summed E-state index contributed by atoms with van der Waals surface area (Å²) in [6, 6.07) is 7.17. The Kier molecular flexibility index (Phi) is 7.46. The Labute approximate surface area is 126 Å². The van der Waals surface area contributed by atoms with Gasteiger partial charge in [-0.15, -0.1) is 0 Å². The predicted octanol–water partition coefficient (Wildman–Crippen LogP) is 2.61. The summed E-state index contributed by atoms with van der Waals surface area (Å²) in [5.74, 6) is 0.344. The van der Waals surface area contributed by atoms with Gasteiger partial charge in [-0.05, 0) is 50.2 Å². The van der Waals surface area contributed by atoms with Crippen molar-refractivity contribution in [1.82, 2.24) is 5.32 Å². The van der Waals surface area contributed by atoms with Crippen LogP contribution in [0.4, 0.5) is 11.4 Å². The Hall–Kier alpha value is -1.88. The van der Waals surface area contributed by atoms with Crippen LogP contribution in [-0.4, -0.2) is 25.4 Å². The molecule has 0 radical (unpaired) electrons. The van der Waals surface area contributed by atoms with Crippen molar-refractivity contribution in [2.45, 2.75) is 33.1 Å². The topological polar surface area (TPSA) is 70.2 Å². The van der Waals surface area contributed by atoms with Crippen molar-refractivity contribution in [3.8, 4) is 0 Å². The second-order valence-corrected chi connectivity index (χ2v) is 5.48. The van der Waals surface area contributed by atoms with Crippen LogP contribution in [0.15, 0.2) is 24.3 Å². The van der Waals surface area contributed by atoms with Gasteiger partial charge in [-0.1, -0.05) is 13.8 Å². The van der Waals surface area contributed by atoms with Gasteiger partial charge in [0.25, 0.3) is 0 Å². The lowest BCUT2D eigenvalue weighted by molar-refractivity contribution is -0.117. The van der Waals surface area contributed by atoms with Crippen molar-refractivity contribution < 1.29 is 9.59 Å². The molecule has 5 heteroatoms. The van der Waals surface area contributed by atoms with E-state index >= 15 is 0 Å². The van der Waals surface area contributed by atoms with Gasteiger partial charge >= 0.3 is 0 Å². The molecule has 0 aromatic heterocycles. The van der Waals surface area contributed by atoms with Crippen LogP contribution in [-0.2, 0) is 9.59 Å². The molecule has 0 saturated heterocycles. The molecule has 1 rings (SSSR count). The molecule has 0 unspecified atom stereocenters. The first-order valence-electron chi connectivity index (χ1n) is 7.35. The summed E-state index contributed by atoms with van der Waals surface area (Å²) in [7, 11) is 1.87. The van der Waals surface area contributed by atoms with Crippen LogP contribution in [0.3, 0.4) is 0 Å². The SMILES string of the molecule is CNCCCC(=O)Nc1ccc(NC(=O)CC(C)C)cc1. The maximum absolute atomic E-state index is 11.7. The summed E-state index contributed by atoms with van der Waals surface area (Å²) in [5.41, 5.74) is 1.49. The molecule has 3 N–H and O–H groups in total. The van der Waals surface area contributed by atoms with E-state index < -0.39 is 0 Å². The number of carbonyl (C=O) groups is 2. The second-order valence-electron chi connectivity index (χ2n) is 5.48. The van der Waals surface area contributed by atoms with Crippen LogP contribution in [0.5, 0.6) is 0 Å². The first-order chi connectivity index (χ1) is 10.0. The number of carbonyl (C=O) groups excluding carboxylic acids is 2. The lowest BCUT2D eigenvalue weighted by Gasteiger charge is -2.09. The van der Waals surface area contributed by atoms with Crippen LogP contribution < -0.4 is 16.0 Å². The minimum Gasteiger partial charge on any atom is -0.326 e. The van der Waals surface area contributed by atoms with Gasteiger partial charge in [-0.3, -0.25) is 9.59 Å². The molecule has 0 saturated carbocycles. The second kappa shape index (κ2) is 9.13. The first kappa shape index (κ1) is 17.2. The van der Waals surface area contributed by atoms with E-state index in [0.717, 1.165) is 24.3 Å². The highest BCUT2D eigenvalue weighted by Gasteiger charge is 2.06. The van der Waals surface area contributed by atoms with Gasteiger partial charge < -0.3 is 16.0 Å². The van der Waals surface area contributed by atoms with Gasteiger partial charge in [0.05, 0.1) is 0 Å². The molecule has 0 aliphatic heterocycles. The molecular weight excluding hydrogens is 266 g/mol. The van der Waals surface area contributed by atoms with Crippen LogP contribution in [0, 0.1) is 5.92 Å². The van der Waals surface area contributed by atoms with Crippen LogP contribution in [0.25, 0.3) is 0 Å². The first-order valence-corrected chi connectivity index (χ1v) is 7.35. The fraction of sp³-hybridized carbons (Fsp3) is 0.500. The zero-order valence-corrected chi connectivity index (χ0v) is 13.0. The highest BCUT2D eigenvalue weighted by molar-refractivity contribution is 5.92. The van der Waals surface area contributed by atoms with Gasteiger partial charge in [0.2, 0.25) is 11.8 Å². The summed E-state index contributed by atoms with van der Waals surface area (Å²) in [6.45, 7) is 4.84. The van der Waals surface area contributed by atoms with Crippen molar-refractivity contribution in [3.05, 3.63) is 24.3 Å². The normalized spacial score (nSPS) is 10.5. The highest BCUT2D eigenvalue weighted by atomic mass is 16.2. The van der Waals surface area contributed by atoms with E-state index in [9.17, 15) is 9.59 Å². The summed E-state index contributed by atoms with van der Waals surface area (Å²) in [5, 5.41) is 8.68. The average Bonchev–Trinajstić information content (AvgIpc) is 2.40. The van der Waals surface area contributed by atoms with Gasteiger partial charge in [-0.2, -0.15) is 0 Å². The Bertz CT molecular complexity index is 455. The number of rotatable bonds is 8. The molecular formula is C16H25N3O2. The number of hydrogen-bond acceptors (Lipinski definition) is 3. The van der Waals surface area contributed by atoms with Crippen molar-refractivity contribution in [2.75, 3.05) is 24.2 Å². The molecule has 0 bridgehead atoms. The number of anilines is 2. The molecule has 116 valence electrons. The Morgan fingerprint density at radius 3 is 2.00 bits per heavy atom. The van der Waals surface area contributed by atoms with Crippen molar-refractivity contribution in [3.63, 3.8) is 0 Å². The molecule has 0 aliphatic rings. The average molecular weight is 291 g/mol. The summed E-state index contributed by atoms with van der Waals surface area (Å²) in [6.07, 6.45) is 1.81. The molecule has 0 spiro atoms. The molecule has 5 nitrogen and oxygen atoms in total. The van der Waals surface area contributed by atoms with E-state index in [4.69, 9.17) is 0 Å². The third-order valence-corrected chi connectivity index (χ3v) is 2.88. The predicted molar refractivity (Wildman–Crippen MR) is 86.3 cm³/mol. The van der Waals surface area contributed by atoms with Crippen molar-refractivity contribution >= 4 is 23.2 Å². The minimum atomic E-state index is 0.00171. The van der Waals surface area contributed by atoms with E-state index in [1.165, 1.54) is 0 Å². The smallest absolute Gasteiger partial charge is 0.224 e. The highest BCUT2D eigenvalue weighted by Crippen LogP contribution is 2.14. The molecule has 2 amide bonds. The molecule has 0 fully saturated rings. The van der Waals surface area contributed by atoms with E-state index in [1.54, 1.807) is 24.3 Å². The fourth-order valence-corrected chi connectivity index (χ4v) is 1.87. The van der Waals surface area contributed by atoms with Gasteiger partial charge in [0, 0.05) is 24.2 Å². The summed E-state index contributed by atoms with van der Waals surface area (Å²) in [4.78, 5) is 23.3. The molecule has 0 heterocycles. The number of benzene rings is 1. The maximum atomic E-state index is 11.7. The van der Waals surface area contributed by atoms with E-state index in [1.807, 2.05) is 20.9 Å². The molecule has 1 aromatic rings. The fourth-order valence-electron chi connectivity index (χ4n) is 1.87. The molecule has 0 aliphatic carbocycles. The Morgan fingerprint density at radius 2 is 1.52 bits per heavy atom. The quantitative estimate of drug-likeness (QED) is 0.645. The standard InChI is InChI=1S/C16H25N3O2/c1-12(2)11-16(21)19-14-8-6-13(7-9-14)18-15(20)5-4-10-17-3/h6-9,12,17H,4-5,10-11H2,1-3H3,(H,18,20)(H,19,21). The van der Waals surface area contributed by atoms with E-state index in [2.05, 4.69) is 16.0 Å². The Morgan fingerprint density at radius 1 is 1.00 bits per heavy atom. The van der Waals surface area contributed by atoms with E-state index in [0.29, 0.717) is 18.8 Å². The van der Waals surface area contributed by atoms with Crippen molar-refractivity contribution in [1.29, 1.82) is 0 Å². The third kappa shape index (κ3) is 7.46. The molecule has 1 aromatic carbocycles. The van der Waals surface area contributed by atoms with Crippen LogP contribution in [0.1, 0.15) is 33.1 Å². The minimum absolute atomic E-state index is 0.00171. The number of hydrogen-bond donors (Lipinski definition) is 3. The number of amides is 2. The maximum Gasteiger partial charge on any atom is 0.224 e. The van der Waals surface area contributed by atoms with Crippen LogP contribution >= 0.6 is 0 Å². The largest absolute Gasteiger partial charge is 0.326 e. The zero-order chi connectivity index (χ0) is 15.7. The third-order valence-electron chi connectivity index (χ3n) is 2.88. The summed E-state index contributed by atoms with van der Waals surface area (Å²) < 4.78 is 0. The lowest BCUT2D eigenvalue weighted by atomic mass is 10.1. The van der Waals surface area contributed by atoms with Gasteiger partial charge in [0.1, 0.15) is 0 Å². The van der Waals surface area contributed by atoms with E-state index in [-0.39, 0.29) is 11.8 Å². The van der Waals surface area contributed by atoms with Crippen molar-refractivity contribution in [2.24, 2.45) is 5.92 Å². The molecule has 0 atom stereocenters. The number of nitrogens with one attached hydrogen (secondary N) is 3. The van der Waals surface area contributed by atoms with Crippen LogP contribution in [0.2, 0.25) is 0 Å². The van der Waals surface area contributed by atoms with Gasteiger partial charge in [-0.25, -0.2) is 0 Å². The zero-order valence-electron chi connectivity index (χ0n) is 13.0. The lowest BCUT2D eigenvalue weighted by Crippen LogP contribution is -2.15.